The molecule has 2 aliphatic rings. The molecule has 3 aromatic rings. The van der Waals surface area contributed by atoms with Crippen LogP contribution in [0.4, 0.5) is 17.1 Å². The molecule has 2 aliphatic heterocycles. The van der Waals surface area contributed by atoms with Crippen LogP contribution in [0, 0.1) is 0 Å². The lowest BCUT2D eigenvalue weighted by Crippen LogP contribution is -3.08. The first-order chi connectivity index (χ1) is 20.4. The number of anilines is 2. The van der Waals surface area contributed by atoms with Crippen molar-refractivity contribution in [1.29, 1.82) is 0 Å². The Morgan fingerprint density at radius 3 is 2.40 bits per heavy atom. The van der Waals surface area contributed by atoms with Crippen molar-refractivity contribution in [1.82, 2.24) is 4.57 Å². The van der Waals surface area contributed by atoms with Gasteiger partial charge < -0.3 is 19.3 Å². The number of nitrogens with one attached hydrogen (secondary N) is 1. The zero-order chi connectivity index (χ0) is 30.0. The first-order valence-electron chi connectivity index (χ1n) is 14.6. The Bertz CT molecular complexity index is 1690. The first kappa shape index (κ1) is 30.0. The molecule has 2 aromatic carbocycles. The normalized spacial score (nSPS) is 19.5. The second-order valence-corrected chi connectivity index (χ2v) is 12.1. The minimum Gasteiger partial charge on any atom is -0.497 e. The number of rotatable bonds is 9. The zero-order valence-corrected chi connectivity index (χ0v) is 26.7. The van der Waals surface area contributed by atoms with E-state index < -0.39 is 0 Å². The van der Waals surface area contributed by atoms with E-state index in [4.69, 9.17) is 9.47 Å². The van der Waals surface area contributed by atoms with E-state index in [0.29, 0.717) is 23.2 Å². The van der Waals surface area contributed by atoms with Crippen LogP contribution in [0.5, 0.6) is 5.75 Å². The standard InChI is InChI=1S/C32H38N4O4S2/c1-7-33-23-14-12-21(32(38)40-11-5)18-24(23)34(8-2)28(33)17-16-27-31(37)36(10-4)30(42-27)20-29-35(9-3)25-19-22(39-6)13-15-26(25)41-29/h12-20,29H,7-11H2,1-6H3/p+1/b27-16+,28-17+,30-20-. The molecule has 0 bridgehead atoms. The molecule has 0 saturated heterocycles. The van der Waals surface area contributed by atoms with Gasteiger partial charge in [-0.05, 0) is 77.1 Å². The van der Waals surface area contributed by atoms with E-state index in [1.807, 2.05) is 66.6 Å². The van der Waals surface area contributed by atoms with Crippen molar-refractivity contribution >= 4 is 58.3 Å². The molecule has 0 fully saturated rings. The molecule has 10 heteroatoms. The zero-order valence-electron chi connectivity index (χ0n) is 25.1. The highest BCUT2D eigenvalue weighted by Crippen LogP contribution is 2.42. The minimum absolute atomic E-state index is 0.0250. The minimum atomic E-state index is -0.322. The van der Waals surface area contributed by atoms with E-state index in [-0.39, 0.29) is 16.9 Å². The number of ether oxygens (including phenoxy) is 2. The number of hydrogen-bond acceptors (Lipinski definition) is 8. The van der Waals surface area contributed by atoms with Crippen molar-refractivity contribution in [3.63, 3.8) is 0 Å². The number of thiazole rings is 1. The fraction of sp³-hybridized carbons (Fsp3) is 0.375. The average Bonchev–Trinajstić information content (AvgIpc) is 3.62. The van der Waals surface area contributed by atoms with Gasteiger partial charge in [0.15, 0.2) is 5.37 Å². The quantitative estimate of drug-likeness (QED) is 0.373. The van der Waals surface area contributed by atoms with E-state index in [2.05, 4.69) is 48.8 Å². The van der Waals surface area contributed by atoms with Gasteiger partial charge in [-0.15, -0.1) is 11.3 Å². The van der Waals surface area contributed by atoms with E-state index >= 15 is 0 Å². The summed E-state index contributed by atoms with van der Waals surface area (Å²) in [6, 6.07) is 12.0. The third kappa shape index (κ3) is 5.39. The maximum atomic E-state index is 13.5. The number of allylic oxidation sites excluding steroid dienone is 1. The third-order valence-corrected chi connectivity index (χ3v) is 10.1. The number of quaternary nitrogens is 1. The predicted molar refractivity (Wildman–Crippen MR) is 173 cm³/mol. The second-order valence-electron chi connectivity index (χ2n) is 9.90. The summed E-state index contributed by atoms with van der Waals surface area (Å²) in [7, 11) is 1.70. The van der Waals surface area contributed by atoms with Gasteiger partial charge in [0.05, 0.1) is 46.6 Å². The van der Waals surface area contributed by atoms with Gasteiger partial charge in [-0.25, -0.2) is 4.79 Å². The topological polar surface area (TPSA) is 68.4 Å². The van der Waals surface area contributed by atoms with Crippen LogP contribution in [-0.2, 0) is 11.3 Å². The molecule has 0 aliphatic carbocycles. The van der Waals surface area contributed by atoms with E-state index in [1.54, 1.807) is 7.11 Å². The lowest BCUT2D eigenvalue weighted by Gasteiger charge is -2.23. The Morgan fingerprint density at radius 1 is 0.976 bits per heavy atom. The van der Waals surface area contributed by atoms with E-state index in [0.717, 1.165) is 47.2 Å². The number of hydrogen-bond donors (Lipinski definition) is 1. The predicted octanol–water partition coefficient (Wildman–Crippen LogP) is 3.55. The molecule has 0 spiro atoms. The van der Waals surface area contributed by atoms with Crippen LogP contribution in [0.15, 0.2) is 58.0 Å². The van der Waals surface area contributed by atoms with Crippen LogP contribution in [0.25, 0.3) is 12.2 Å². The molecule has 42 heavy (non-hydrogen) atoms. The summed E-state index contributed by atoms with van der Waals surface area (Å²) >= 11 is 3.37. The molecule has 222 valence electrons. The largest absolute Gasteiger partial charge is 0.497 e. The molecule has 0 amide bonds. The number of carbonyl (C=O) groups is 1. The molecule has 8 nitrogen and oxygen atoms in total. The van der Waals surface area contributed by atoms with Crippen molar-refractivity contribution in [2.24, 2.45) is 0 Å². The number of carbonyl (C=O) groups excluding carboxylic acids is 1. The third-order valence-electron chi connectivity index (χ3n) is 7.70. The van der Waals surface area contributed by atoms with Gasteiger partial charge >= 0.3 is 5.97 Å². The first-order valence-corrected chi connectivity index (χ1v) is 16.3. The van der Waals surface area contributed by atoms with Gasteiger partial charge in [-0.2, -0.15) is 0 Å². The molecule has 3 heterocycles. The van der Waals surface area contributed by atoms with Crippen LogP contribution < -0.4 is 34.2 Å². The number of benzene rings is 2. The summed E-state index contributed by atoms with van der Waals surface area (Å²) in [4.78, 5) is 33.0. The molecule has 1 aromatic heterocycles. The van der Waals surface area contributed by atoms with Gasteiger partial charge in [-0.3, -0.25) is 14.3 Å². The number of nitrogens with zero attached hydrogens (tertiary/aromatic N) is 3. The van der Waals surface area contributed by atoms with Crippen molar-refractivity contribution in [3.8, 4) is 5.75 Å². The van der Waals surface area contributed by atoms with Crippen molar-refractivity contribution in [2.45, 2.75) is 51.4 Å². The lowest BCUT2D eigenvalue weighted by molar-refractivity contribution is -0.830. The van der Waals surface area contributed by atoms with Crippen LogP contribution in [-0.4, -0.2) is 49.3 Å². The van der Waals surface area contributed by atoms with Gasteiger partial charge in [0.2, 0.25) is 0 Å². The van der Waals surface area contributed by atoms with Gasteiger partial charge in [0.1, 0.15) is 21.9 Å². The summed E-state index contributed by atoms with van der Waals surface area (Å²) in [6.45, 7) is 13.6. The Morgan fingerprint density at radius 2 is 1.74 bits per heavy atom. The molecular formula is C32H39N4O4S2+. The Labute approximate surface area is 255 Å². The molecule has 2 unspecified atom stereocenters. The van der Waals surface area contributed by atoms with E-state index in [1.165, 1.54) is 26.8 Å². The fourth-order valence-electron chi connectivity index (χ4n) is 5.68. The molecule has 5 rings (SSSR count). The Hall–Kier alpha value is -3.47. The maximum Gasteiger partial charge on any atom is 0.338 e. The van der Waals surface area contributed by atoms with Crippen LogP contribution >= 0.6 is 23.1 Å². The van der Waals surface area contributed by atoms with Crippen molar-refractivity contribution in [3.05, 3.63) is 73.4 Å². The Kier molecular flexibility index (Phi) is 9.15. The number of fused-ring (bicyclic) bond motifs is 2. The van der Waals surface area contributed by atoms with Crippen LogP contribution in [0.1, 0.15) is 45.0 Å². The number of esters is 1. The summed E-state index contributed by atoms with van der Waals surface area (Å²) in [5, 5.41) is 0.170. The van der Waals surface area contributed by atoms with Crippen LogP contribution in [0.2, 0.25) is 0 Å². The van der Waals surface area contributed by atoms with Gasteiger partial charge in [0.25, 0.3) is 5.56 Å². The van der Waals surface area contributed by atoms with Crippen molar-refractivity contribution < 1.29 is 19.2 Å². The molecular weight excluding hydrogens is 569 g/mol. The lowest BCUT2D eigenvalue weighted by atomic mass is 10.1. The highest BCUT2D eigenvalue weighted by molar-refractivity contribution is 8.00. The summed E-state index contributed by atoms with van der Waals surface area (Å²) in [5.74, 6) is 1.52. The Balaban J connectivity index is 1.53. The number of thioether (sulfide) groups is 1. The average molecular weight is 608 g/mol. The summed E-state index contributed by atoms with van der Waals surface area (Å²) in [6.07, 6.45) is 6.22. The van der Waals surface area contributed by atoms with Gasteiger partial charge in [-0.1, -0.05) is 11.8 Å². The highest BCUT2D eigenvalue weighted by Gasteiger charge is 2.34. The second kappa shape index (κ2) is 12.8. The van der Waals surface area contributed by atoms with Gasteiger partial charge in [0, 0.05) is 31.8 Å². The van der Waals surface area contributed by atoms with E-state index in [9.17, 15) is 9.59 Å². The molecule has 1 N–H and O–H groups in total. The maximum absolute atomic E-state index is 13.5. The SMILES string of the molecule is CCOC(=O)c1ccc2c(c1)N(CC)/C(=C/C=c1/s/c(=C\C3Sc4ccc(OC)cc4[NH+]3CC)n(CC)c1=O)N2CC. The summed E-state index contributed by atoms with van der Waals surface area (Å²) < 4.78 is 14.3. The summed E-state index contributed by atoms with van der Waals surface area (Å²) in [5.41, 5.74) is 3.81. The fourth-order valence-corrected chi connectivity index (χ4v) is 8.22. The monoisotopic (exact) mass is 607 g/mol. The molecule has 2 atom stereocenters. The number of aromatic nitrogens is 1. The number of methoxy groups -OCH3 is 1. The smallest absolute Gasteiger partial charge is 0.338 e. The highest BCUT2D eigenvalue weighted by atomic mass is 32.2. The molecule has 0 saturated carbocycles. The van der Waals surface area contributed by atoms with Crippen molar-refractivity contribution in [2.75, 3.05) is 43.2 Å². The molecule has 0 radical (unpaired) electrons. The van der Waals surface area contributed by atoms with Crippen LogP contribution in [0.3, 0.4) is 0 Å².